The highest BCUT2D eigenvalue weighted by molar-refractivity contribution is 7.99. The fraction of sp³-hybridized carbons (Fsp3) is 0.158. The van der Waals surface area contributed by atoms with E-state index in [-0.39, 0.29) is 5.92 Å². The third-order valence-electron chi connectivity index (χ3n) is 3.85. The molecule has 0 nitrogen and oxygen atoms in total. The molecule has 2 aromatic rings. The Bertz CT molecular complexity index is 664. The van der Waals surface area contributed by atoms with Crippen molar-refractivity contribution in [1.29, 1.82) is 0 Å². The van der Waals surface area contributed by atoms with Crippen LogP contribution in [-0.2, 0) is 0 Å². The molecule has 1 heterocycles. The zero-order valence-corrected chi connectivity index (χ0v) is 12.1. The van der Waals surface area contributed by atoms with Gasteiger partial charge in [-0.3, -0.25) is 0 Å². The summed E-state index contributed by atoms with van der Waals surface area (Å²) >= 11 is 1.88. The molecule has 0 unspecified atom stereocenters. The molecule has 0 saturated carbocycles. The van der Waals surface area contributed by atoms with Gasteiger partial charge in [0.25, 0.3) is 0 Å². The molecule has 0 aromatic heterocycles. The summed E-state index contributed by atoms with van der Waals surface area (Å²) in [6.07, 6.45) is 5.82. The van der Waals surface area contributed by atoms with Gasteiger partial charge in [0.2, 0.25) is 0 Å². The molecule has 0 fully saturated rings. The number of rotatable bonds is 2. The third-order valence-corrected chi connectivity index (χ3v) is 5.06. The third kappa shape index (κ3) is 2.28. The SMILES string of the molecule is C#C[C@@H]1c2ccccc2SC[C@@H]1C(=C)c1ccccc1. The molecule has 2 aromatic carbocycles. The summed E-state index contributed by atoms with van der Waals surface area (Å²) in [5.74, 6) is 4.42. The molecule has 0 radical (unpaired) electrons. The molecule has 3 rings (SSSR count). The van der Waals surface area contributed by atoms with E-state index in [0.29, 0.717) is 5.92 Å². The van der Waals surface area contributed by atoms with Crippen LogP contribution in [0.3, 0.4) is 0 Å². The fourth-order valence-corrected chi connectivity index (χ4v) is 4.02. The van der Waals surface area contributed by atoms with Gasteiger partial charge in [-0.15, -0.1) is 18.2 Å². The lowest BCUT2D eigenvalue weighted by Gasteiger charge is -2.31. The second-order valence-corrected chi connectivity index (χ2v) is 6.05. The second-order valence-electron chi connectivity index (χ2n) is 4.99. The maximum Gasteiger partial charge on any atom is 0.0537 e. The normalized spacial score (nSPS) is 20.8. The molecule has 1 aliphatic heterocycles. The minimum Gasteiger partial charge on any atom is -0.125 e. The van der Waals surface area contributed by atoms with Crippen molar-refractivity contribution in [3.05, 3.63) is 72.3 Å². The molecule has 1 aliphatic rings. The maximum absolute atomic E-state index is 5.82. The number of terminal acetylenes is 1. The molecule has 0 aliphatic carbocycles. The minimum atomic E-state index is 0.125. The van der Waals surface area contributed by atoms with Crippen molar-refractivity contribution < 1.29 is 0 Å². The summed E-state index contributed by atoms with van der Waals surface area (Å²) in [6.45, 7) is 4.31. The molecular weight excluding hydrogens is 260 g/mol. The number of hydrogen-bond acceptors (Lipinski definition) is 1. The Morgan fingerprint density at radius 3 is 2.55 bits per heavy atom. The van der Waals surface area contributed by atoms with Gasteiger partial charge in [0.05, 0.1) is 5.92 Å². The Morgan fingerprint density at radius 2 is 1.80 bits per heavy atom. The van der Waals surface area contributed by atoms with Crippen LogP contribution >= 0.6 is 11.8 Å². The monoisotopic (exact) mass is 276 g/mol. The van der Waals surface area contributed by atoms with Crippen LogP contribution in [0.2, 0.25) is 0 Å². The average molecular weight is 276 g/mol. The lowest BCUT2D eigenvalue weighted by Crippen LogP contribution is -2.20. The Balaban J connectivity index is 1.96. The van der Waals surface area contributed by atoms with Crippen LogP contribution in [0.5, 0.6) is 0 Å². The first kappa shape index (κ1) is 13.1. The van der Waals surface area contributed by atoms with E-state index >= 15 is 0 Å². The lowest BCUT2D eigenvalue weighted by molar-refractivity contribution is 0.666. The highest BCUT2D eigenvalue weighted by Gasteiger charge is 2.30. The Morgan fingerprint density at radius 1 is 1.10 bits per heavy atom. The number of allylic oxidation sites excluding steroid dienone is 1. The summed E-state index contributed by atoms with van der Waals surface area (Å²) in [5, 5.41) is 0. The highest BCUT2D eigenvalue weighted by atomic mass is 32.2. The van der Waals surface area contributed by atoms with Gasteiger partial charge in [-0.2, -0.15) is 0 Å². The smallest absolute Gasteiger partial charge is 0.0537 e. The quantitative estimate of drug-likeness (QED) is 0.707. The van der Waals surface area contributed by atoms with Gasteiger partial charge in [0.1, 0.15) is 0 Å². The maximum atomic E-state index is 5.82. The zero-order chi connectivity index (χ0) is 13.9. The van der Waals surface area contributed by atoms with Crippen LogP contribution in [0, 0.1) is 18.3 Å². The van der Waals surface area contributed by atoms with Crippen molar-refractivity contribution in [2.75, 3.05) is 5.75 Å². The van der Waals surface area contributed by atoms with Crippen molar-refractivity contribution in [2.24, 2.45) is 5.92 Å². The summed E-state index contributed by atoms with van der Waals surface area (Å²) in [7, 11) is 0. The van der Waals surface area contributed by atoms with Gasteiger partial charge >= 0.3 is 0 Å². The van der Waals surface area contributed by atoms with E-state index < -0.39 is 0 Å². The van der Waals surface area contributed by atoms with Crippen molar-refractivity contribution in [3.63, 3.8) is 0 Å². The van der Waals surface area contributed by atoms with Crippen molar-refractivity contribution >= 4 is 17.3 Å². The molecule has 98 valence electrons. The van der Waals surface area contributed by atoms with Gasteiger partial charge in [-0.05, 0) is 22.8 Å². The van der Waals surface area contributed by atoms with Crippen LogP contribution in [0.15, 0.2) is 66.1 Å². The van der Waals surface area contributed by atoms with Gasteiger partial charge in [0, 0.05) is 16.6 Å². The molecular formula is C19H16S. The molecule has 2 atom stereocenters. The molecule has 0 saturated heterocycles. The minimum absolute atomic E-state index is 0.125. The average Bonchev–Trinajstić information content (AvgIpc) is 2.54. The van der Waals surface area contributed by atoms with E-state index in [4.69, 9.17) is 6.42 Å². The van der Waals surface area contributed by atoms with Crippen LogP contribution in [0.1, 0.15) is 17.0 Å². The van der Waals surface area contributed by atoms with Gasteiger partial charge in [0.15, 0.2) is 0 Å². The number of fused-ring (bicyclic) bond motifs is 1. The van der Waals surface area contributed by atoms with Gasteiger partial charge in [-0.25, -0.2) is 0 Å². The molecule has 1 heteroatoms. The summed E-state index contributed by atoms with van der Waals surface area (Å²) in [4.78, 5) is 1.31. The van der Waals surface area contributed by atoms with E-state index in [1.54, 1.807) is 0 Å². The molecule has 0 amide bonds. The first-order valence-corrected chi connectivity index (χ1v) is 7.72. The number of benzene rings is 2. The zero-order valence-electron chi connectivity index (χ0n) is 11.3. The van der Waals surface area contributed by atoms with Crippen LogP contribution in [0.25, 0.3) is 5.57 Å². The first-order chi connectivity index (χ1) is 9.81. The van der Waals surface area contributed by atoms with E-state index in [9.17, 15) is 0 Å². The van der Waals surface area contributed by atoms with Crippen LogP contribution < -0.4 is 0 Å². The predicted octanol–water partition coefficient (Wildman–Crippen LogP) is 4.84. The Labute approximate surface area is 124 Å². The van der Waals surface area contributed by atoms with E-state index in [1.807, 2.05) is 17.8 Å². The Kier molecular flexibility index (Phi) is 3.67. The second kappa shape index (κ2) is 5.61. The van der Waals surface area contributed by atoms with E-state index in [0.717, 1.165) is 11.3 Å². The molecule has 0 spiro atoms. The first-order valence-electron chi connectivity index (χ1n) is 6.73. The van der Waals surface area contributed by atoms with Gasteiger partial charge in [-0.1, -0.05) is 61.0 Å². The number of thioether (sulfide) groups is 1. The van der Waals surface area contributed by atoms with Crippen molar-refractivity contribution in [2.45, 2.75) is 10.8 Å². The largest absolute Gasteiger partial charge is 0.125 e. The summed E-state index contributed by atoms with van der Waals surface area (Å²) < 4.78 is 0. The Hall–Kier alpha value is -1.91. The van der Waals surface area contributed by atoms with Gasteiger partial charge < -0.3 is 0 Å². The molecule has 20 heavy (non-hydrogen) atoms. The fourth-order valence-electron chi connectivity index (χ4n) is 2.74. The molecule has 0 N–H and O–H groups in total. The van der Waals surface area contributed by atoms with Crippen molar-refractivity contribution in [1.82, 2.24) is 0 Å². The van der Waals surface area contributed by atoms with Crippen molar-refractivity contribution in [3.8, 4) is 12.3 Å². The van der Waals surface area contributed by atoms with Crippen LogP contribution in [0.4, 0.5) is 0 Å². The number of hydrogen-bond donors (Lipinski definition) is 0. The lowest BCUT2D eigenvalue weighted by atomic mass is 9.80. The predicted molar refractivity (Wildman–Crippen MR) is 87.7 cm³/mol. The van der Waals surface area contributed by atoms with Crippen LogP contribution in [-0.4, -0.2) is 5.75 Å². The molecule has 0 bridgehead atoms. The summed E-state index contributed by atoms with van der Waals surface area (Å²) in [6, 6.07) is 18.8. The summed E-state index contributed by atoms with van der Waals surface area (Å²) in [5.41, 5.74) is 3.61. The topological polar surface area (TPSA) is 0 Å². The standard InChI is InChI=1S/C19H16S/c1-3-16-17-11-7-8-12-19(17)20-13-18(16)14(2)15-9-5-4-6-10-15/h1,4-12,16,18H,2,13H2/t16-,18-/m1/s1. The van der Waals surface area contributed by atoms with E-state index in [2.05, 4.69) is 61.0 Å². The highest BCUT2D eigenvalue weighted by Crippen LogP contribution is 2.45. The van der Waals surface area contributed by atoms with E-state index in [1.165, 1.54) is 16.0 Å².